The van der Waals surface area contributed by atoms with Gasteiger partial charge in [0.1, 0.15) is 0 Å². The standard InChI is InChI=1S/C14H21N3O3S/c1-11(14(18)15-9-4-10-16(2)3)21-13-7-5-12(6-8-13)17(19)20/h5-8,11H,4,9-10H2,1-3H3,(H,15,18). The van der Waals surface area contributed by atoms with E-state index in [2.05, 4.69) is 10.2 Å². The minimum atomic E-state index is -0.435. The molecule has 7 heteroatoms. The number of hydrogen-bond donors (Lipinski definition) is 1. The number of rotatable bonds is 8. The van der Waals surface area contributed by atoms with Gasteiger partial charge < -0.3 is 10.2 Å². The summed E-state index contributed by atoms with van der Waals surface area (Å²) in [5.74, 6) is -0.0166. The van der Waals surface area contributed by atoms with Gasteiger partial charge in [0.15, 0.2) is 0 Å². The molecule has 0 heterocycles. The number of benzene rings is 1. The highest BCUT2D eigenvalue weighted by Gasteiger charge is 2.14. The van der Waals surface area contributed by atoms with Gasteiger partial charge in [0.05, 0.1) is 10.2 Å². The number of carbonyl (C=O) groups is 1. The van der Waals surface area contributed by atoms with Crippen molar-refractivity contribution in [1.82, 2.24) is 10.2 Å². The Morgan fingerprint density at radius 3 is 2.52 bits per heavy atom. The third-order valence-corrected chi connectivity index (χ3v) is 3.92. The van der Waals surface area contributed by atoms with E-state index in [0.29, 0.717) is 6.54 Å². The van der Waals surface area contributed by atoms with Gasteiger partial charge in [-0.05, 0) is 46.1 Å². The van der Waals surface area contributed by atoms with E-state index in [0.717, 1.165) is 17.9 Å². The maximum atomic E-state index is 11.9. The maximum Gasteiger partial charge on any atom is 0.269 e. The number of carbonyl (C=O) groups excluding carboxylic acids is 1. The SMILES string of the molecule is CC(Sc1ccc([N+](=O)[O-])cc1)C(=O)NCCCN(C)C. The normalized spacial score (nSPS) is 12.2. The van der Waals surface area contributed by atoms with E-state index in [1.54, 1.807) is 12.1 Å². The third kappa shape index (κ3) is 6.59. The molecule has 1 aromatic rings. The second-order valence-electron chi connectivity index (χ2n) is 4.96. The Balaban J connectivity index is 2.39. The molecular weight excluding hydrogens is 290 g/mol. The van der Waals surface area contributed by atoms with E-state index in [1.807, 2.05) is 21.0 Å². The zero-order chi connectivity index (χ0) is 15.8. The number of nitro benzene ring substituents is 1. The number of nitrogens with one attached hydrogen (secondary N) is 1. The zero-order valence-electron chi connectivity index (χ0n) is 12.5. The van der Waals surface area contributed by atoms with Crippen LogP contribution in [0.3, 0.4) is 0 Å². The third-order valence-electron chi connectivity index (χ3n) is 2.81. The molecule has 0 aliphatic heterocycles. The molecular formula is C14H21N3O3S. The topological polar surface area (TPSA) is 75.5 Å². The molecule has 0 saturated carbocycles. The van der Waals surface area contributed by atoms with Gasteiger partial charge in [-0.1, -0.05) is 0 Å². The molecule has 1 rings (SSSR count). The van der Waals surface area contributed by atoms with Gasteiger partial charge in [0, 0.05) is 23.6 Å². The summed E-state index contributed by atoms with van der Waals surface area (Å²) in [6, 6.07) is 6.23. The quantitative estimate of drug-likeness (QED) is 0.344. The van der Waals surface area contributed by atoms with Gasteiger partial charge in [0.25, 0.3) is 5.69 Å². The van der Waals surface area contributed by atoms with Crippen molar-refractivity contribution in [3.8, 4) is 0 Å². The van der Waals surface area contributed by atoms with E-state index in [-0.39, 0.29) is 16.8 Å². The molecule has 0 fully saturated rings. The molecule has 0 saturated heterocycles. The van der Waals surface area contributed by atoms with Gasteiger partial charge in [-0.25, -0.2) is 0 Å². The molecule has 0 spiro atoms. The van der Waals surface area contributed by atoms with Crippen LogP contribution in [0.1, 0.15) is 13.3 Å². The molecule has 116 valence electrons. The molecule has 6 nitrogen and oxygen atoms in total. The summed E-state index contributed by atoms with van der Waals surface area (Å²) in [5, 5.41) is 13.2. The Kier molecular flexibility index (Phi) is 7.18. The fraction of sp³-hybridized carbons (Fsp3) is 0.500. The highest BCUT2D eigenvalue weighted by atomic mass is 32.2. The minimum Gasteiger partial charge on any atom is -0.355 e. The number of amides is 1. The van der Waals surface area contributed by atoms with Crippen LogP contribution in [0.4, 0.5) is 5.69 Å². The Morgan fingerprint density at radius 1 is 1.38 bits per heavy atom. The lowest BCUT2D eigenvalue weighted by Crippen LogP contribution is -2.32. The van der Waals surface area contributed by atoms with Crippen molar-refractivity contribution in [3.63, 3.8) is 0 Å². The van der Waals surface area contributed by atoms with E-state index in [1.165, 1.54) is 23.9 Å². The molecule has 0 bridgehead atoms. The predicted octanol–water partition coefficient (Wildman–Crippen LogP) is 2.14. The van der Waals surface area contributed by atoms with Gasteiger partial charge in [-0.2, -0.15) is 0 Å². The van der Waals surface area contributed by atoms with Crippen LogP contribution >= 0.6 is 11.8 Å². The lowest BCUT2D eigenvalue weighted by Gasteiger charge is -2.13. The van der Waals surface area contributed by atoms with Gasteiger partial charge in [-0.3, -0.25) is 14.9 Å². The van der Waals surface area contributed by atoms with Gasteiger partial charge in [0.2, 0.25) is 5.91 Å². The first-order chi connectivity index (χ1) is 9.90. The largest absolute Gasteiger partial charge is 0.355 e. The minimum absolute atomic E-state index is 0.0166. The van der Waals surface area contributed by atoms with Crippen molar-refractivity contribution in [2.75, 3.05) is 27.2 Å². The summed E-state index contributed by atoms with van der Waals surface area (Å²) < 4.78 is 0. The Labute approximate surface area is 129 Å². The Bertz CT molecular complexity index is 477. The monoisotopic (exact) mass is 311 g/mol. The highest BCUT2D eigenvalue weighted by molar-refractivity contribution is 8.00. The Morgan fingerprint density at radius 2 is 2.00 bits per heavy atom. The number of nitrogens with zero attached hydrogens (tertiary/aromatic N) is 2. The van der Waals surface area contributed by atoms with Crippen molar-refractivity contribution in [1.29, 1.82) is 0 Å². The van der Waals surface area contributed by atoms with E-state index >= 15 is 0 Å². The number of non-ortho nitro benzene ring substituents is 1. The average Bonchev–Trinajstić information content (AvgIpc) is 2.43. The Hall–Kier alpha value is -1.60. The fourth-order valence-corrected chi connectivity index (χ4v) is 2.55. The van der Waals surface area contributed by atoms with Crippen LogP contribution in [0.25, 0.3) is 0 Å². The summed E-state index contributed by atoms with van der Waals surface area (Å²) in [6.07, 6.45) is 0.910. The van der Waals surface area contributed by atoms with E-state index in [9.17, 15) is 14.9 Å². The molecule has 0 radical (unpaired) electrons. The first-order valence-corrected chi connectivity index (χ1v) is 7.61. The van der Waals surface area contributed by atoms with Crippen molar-refractivity contribution < 1.29 is 9.72 Å². The maximum absolute atomic E-state index is 11.9. The second-order valence-corrected chi connectivity index (χ2v) is 6.37. The van der Waals surface area contributed by atoms with Crippen molar-refractivity contribution in [2.24, 2.45) is 0 Å². The van der Waals surface area contributed by atoms with Crippen LogP contribution in [0.5, 0.6) is 0 Å². The smallest absolute Gasteiger partial charge is 0.269 e. The second kappa shape index (κ2) is 8.63. The summed E-state index contributed by atoms with van der Waals surface area (Å²) >= 11 is 1.39. The molecule has 0 aliphatic carbocycles. The lowest BCUT2D eigenvalue weighted by molar-refractivity contribution is -0.384. The predicted molar refractivity (Wildman–Crippen MR) is 84.6 cm³/mol. The first-order valence-electron chi connectivity index (χ1n) is 6.73. The van der Waals surface area contributed by atoms with Crippen molar-refractivity contribution >= 4 is 23.4 Å². The summed E-state index contributed by atoms with van der Waals surface area (Å²) in [7, 11) is 3.99. The molecule has 1 atom stereocenters. The van der Waals surface area contributed by atoms with Crippen LogP contribution in [0.15, 0.2) is 29.2 Å². The number of nitro groups is 1. The molecule has 1 N–H and O–H groups in total. The molecule has 21 heavy (non-hydrogen) atoms. The highest BCUT2D eigenvalue weighted by Crippen LogP contribution is 2.25. The van der Waals surface area contributed by atoms with Crippen LogP contribution < -0.4 is 5.32 Å². The first kappa shape index (κ1) is 17.5. The van der Waals surface area contributed by atoms with Crippen LogP contribution in [-0.2, 0) is 4.79 Å². The van der Waals surface area contributed by atoms with E-state index in [4.69, 9.17) is 0 Å². The van der Waals surface area contributed by atoms with Gasteiger partial charge >= 0.3 is 0 Å². The van der Waals surface area contributed by atoms with Crippen LogP contribution in [0.2, 0.25) is 0 Å². The molecule has 0 aliphatic rings. The van der Waals surface area contributed by atoms with Crippen molar-refractivity contribution in [2.45, 2.75) is 23.5 Å². The molecule has 1 unspecified atom stereocenters. The molecule has 1 aromatic carbocycles. The molecule has 1 amide bonds. The summed E-state index contributed by atoms with van der Waals surface area (Å²) in [4.78, 5) is 25.0. The fourth-order valence-electron chi connectivity index (χ4n) is 1.65. The van der Waals surface area contributed by atoms with Crippen LogP contribution in [-0.4, -0.2) is 48.2 Å². The number of thioether (sulfide) groups is 1. The van der Waals surface area contributed by atoms with Crippen LogP contribution in [0, 0.1) is 10.1 Å². The van der Waals surface area contributed by atoms with Crippen molar-refractivity contribution in [3.05, 3.63) is 34.4 Å². The summed E-state index contributed by atoms with van der Waals surface area (Å²) in [6.45, 7) is 3.42. The molecule has 0 aromatic heterocycles. The lowest BCUT2D eigenvalue weighted by atomic mass is 10.3. The zero-order valence-corrected chi connectivity index (χ0v) is 13.4. The van der Waals surface area contributed by atoms with E-state index < -0.39 is 4.92 Å². The van der Waals surface area contributed by atoms with Gasteiger partial charge in [-0.15, -0.1) is 11.8 Å². The summed E-state index contributed by atoms with van der Waals surface area (Å²) in [5.41, 5.74) is 0.0557. The number of hydrogen-bond acceptors (Lipinski definition) is 5. The average molecular weight is 311 g/mol.